The number of hydrogen-bond donors (Lipinski definition) is 2. The third kappa shape index (κ3) is 4.75. The van der Waals surface area contributed by atoms with Crippen LogP contribution in [0, 0.1) is 0 Å². The van der Waals surface area contributed by atoms with E-state index in [4.69, 9.17) is 4.74 Å². The van der Waals surface area contributed by atoms with Gasteiger partial charge in [-0.15, -0.1) is 0 Å². The Bertz CT molecular complexity index is 586. The molecule has 1 aromatic heterocycles. The first-order valence-corrected chi connectivity index (χ1v) is 7.70. The van der Waals surface area contributed by atoms with E-state index in [0.717, 1.165) is 28.0 Å². The van der Waals surface area contributed by atoms with Crippen molar-refractivity contribution in [3.8, 4) is 5.75 Å². The number of benzene rings is 1. The van der Waals surface area contributed by atoms with Crippen LogP contribution in [0.3, 0.4) is 0 Å². The molecule has 1 unspecified atom stereocenters. The molecule has 1 aromatic carbocycles. The molecule has 0 amide bonds. The van der Waals surface area contributed by atoms with E-state index >= 15 is 0 Å². The molecule has 2 aromatic rings. The molecule has 0 aliphatic rings. The maximum atomic E-state index is 9.99. The number of aliphatic hydroxyl groups excluding tert-OH is 1. The second kappa shape index (κ2) is 7.47. The zero-order valence-electron chi connectivity index (χ0n) is 12.2. The molecule has 6 heteroatoms. The number of aromatic nitrogens is 2. The molecule has 0 aliphatic carbocycles. The number of nitrogens with zero attached hydrogens (tertiary/aromatic N) is 2. The Labute approximate surface area is 133 Å². The Hall–Kier alpha value is -1.53. The Morgan fingerprint density at radius 2 is 2.29 bits per heavy atom. The van der Waals surface area contributed by atoms with Crippen LogP contribution in [-0.4, -0.2) is 34.1 Å². The van der Waals surface area contributed by atoms with Crippen molar-refractivity contribution in [3.63, 3.8) is 0 Å². The number of nitrogens with one attached hydrogen (secondary N) is 1. The lowest BCUT2D eigenvalue weighted by Gasteiger charge is -2.14. The molecule has 0 fully saturated rings. The number of aryl methyl sites for hydroxylation is 2. The van der Waals surface area contributed by atoms with E-state index in [1.54, 1.807) is 4.68 Å². The van der Waals surface area contributed by atoms with Gasteiger partial charge in [0.1, 0.15) is 18.5 Å². The Morgan fingerprint density at radius 1 is 1.48 bits per heavy atom. The minimum absolute atomic E-state index is 0.241. The van der Waals surface area contributed by atoms with Gasteiger partial charge in [0.05, 0.1) is 11.4 Å². The van der Waals surface area contributed by atoms with E-state index in [1.165, 1.54) is 0 Å². The van der Waals surface area contributed by atoms with Crippen molar-refractivity contribution < 1.29 is 9.84 Å². The molecule has 0 aliphatic heterocycles. The largest absolute Gasteiger partial charge is 0.491 e. The summed E-state index contributed by atoms with van der Waals surface area (Å²) >= 11 is 3.38. The predicted octanol–water partition coefficient (Wildman–Crippen LogP) is 2.60. The van der Waals surface area contributed by atoms with Crippen molar-refractivity contribution in [2.45, 2.75) is 19.4 Å². The molecule has 0 radical (unpaired) electrons. The molecule has 114 valence electrons. The number of anilines is 1. The fraction of sp³-hybridized carbons (Fsp3) is 0.400. The summed E-state index contributed by atoms with van der Waals surface area (Å²) in [5.41, 5.74) is 1.96. The van der Waals surface area contributed by atoms with Crippen molar-refractivity contribution in [1.29, 1.82) is 0 Å². The second-order valence-electron chi connectivity index (χ2n) is 4.82. The molecular weight excluding hydrogens is 334 g/mol. The van der Waals surface area contributed by atoms with Gasteiger partial charge in [-0.3, -0.25) is 4.68 Å². The molecule has 2 N–H and O–H groups in total. The zero-order chi connectivity index (χ0) is 15.2. The minimum atomic E-state index is -0.589. The fourth-order valence-electron chi connectivity index (χ4n) is 1.98. The molecule has 0 spiro atoms. The van der Waals surface area contributed by atoms with Gasteiger partial charge < -0.3 is 15.2 Å². The van der Waals surface area contributed by atoms with Crippen molar-refractivity contribution >= 4 is 21.6 Å². The Balaban J connectivity index is 1.80. The van der Waals surface area contributed by atoms with Crippen LogP contribution < -0.4 is 10.1 Å². The molecule has 2 rings (SSSR count). The van der Waals surface area contributed by atoms with Crippen molar-refractivity contribution in [2.75, 3.05) is 18.5 Å². The number of rotatable bonds is 7. The lowest BCUT2D eigenvalue weighted by molar-refractivity contribution is 0.117. The average molecular weight is 354 g/mol. The van der Waals surface area contributed by atoms with E-state index < -0.39 is 6.10 Å². The van der Waals surface area contributed by atoms with Gasteiger partial charge in [-0.25, -0.2) is 0 Å². The molecule has 1 atom stereocenters. The van der Waals surface area contributed by atoms with E-state index in [1.807, 2.05) is 37.5 Å². The lowest BCUT2D eigenvalue weighted by Crippen LogP contribution is -2.26. The van der Waals surface area contributed by atoms with E-state index in [2.05, 4.69) is 33.3 Å². The van der Waals surface area contributed by atoms with Gasteiger partial charge in [-0.05, 0) is 24.6 Å². The van der Waals surface area contributed by atoms with Gasteiger partial charge in [0, 0.05) is 24.3 Å². The Morgan fingerprint density at radius 3 is 3.00 bits per heavy atom. The maximum absolute atomic E-state index is 9.99. The highest BCUT2D eigenvalue weighted by molar-refractivity contribution is 9.10. The molecular formula is C15H20BrN3O2. The van der Waals surface area contributed by atoms with Crippen LogP contribution in [0.4, 0.5) is 5.69 Å². The molecule has 0 saturated heterocycles. The van der Waals surface area contributed by atoms with Crippen LogP contribution in [0.2, 0.25) is 0 Å². The summed E-state index contributed by atoms with van der Waals surface area (Å²) in [5.74, 6) is 0.735. The first-order chi connectivity index (χ1) is 10.1. The van der Waals surface area contributed by atoms with Gasteiger partial charge in [-0.1, -0.05) is 28.9 Å². The van der Waals surface area contributed by atoms with E-state index in [-0.39, 0.29) is 6.61 Å². The fourth-order valence-corrected chi connectivity index (χ4v) is 2.36. The third-order valence-corrected chi connectivity index (χ3v) is 3.50. The SMILES string of the molecule is CCc1nn(C)cc1NCC(O)COc1cccc(Br)c1. The van der Waals surface area contributed by atoms with Gasteiger partial charge in [0.15, 0.2) is 0 Å². The maximum Gasteiger partial charge on any atom is 0.120 e. The molecule has 5 nitrogen and oxygen atoms in total. The highest BCUT2D eigenvalue weighted by Gasteiger charge is 2.09. The van der Waals surface area contributed by atoms with Crippen LogP contribution in [0.1, 0.15) is 12.6 Å². The smallest absolute Gasteiger partial charge is 0.120 e. The van der Waals surface area contributed by atoms with Crippen LogP contribution >= 0.6 is 15.9 Å². The minimum Gasteiger partial charge on any atom is -0.491 e. The topological polar surface area (TPSA) is 59.3 Å². The van der Waals surface area contributed by atoms with Crippen molar-refractivity contribution in [3.05, 3.63) is 40.6 Å². The van der Waals surface area contributed by atoms with E-state index in [9.17, 15) is 5.11 Å². The number of hydrogen-bond acceptors (Lipinski definition) is 4. The zero-order valence-corrected chi connectivity index (χ0v) is 13.8. The van der Waals surface area contributed by atoms with Crippen LogP contribution in [0.15, 0.2) is 34.9 Å². The lowest BCUT2D eigenvalue weighted by atomic mass is 10.3. The summed E-state index contributed by atoms with van der Waals surface area (Å²) in [4.78, 5) is 0. The summed E-state index contributed by atoms with van der Waals surface area (Å²) in [7, 11) is 1.89. The quantitative estimate of drug-likeness (QED) is 0.803. The van der Waals surface area contributed by atoms with Crippen LogP contribution in [0.5, 0.6) is 5.75 Å². The third-order valence-electron chi connectivity index (χ3n) is 3.01. The summed E-state index contributed by atoms with van der Waals surface area (Å²) in [5, 5.41) is 17.5. The van der Waals surface area contributed by atoms with Crippen LogP contribution in [0.25, 0.3) is 0 Å². The highest BCUT2D eigenvalue weighted by atomic mass is 79.9. The van der Waals surface area contributed by atoms with Crippen molar-refractivity contribution in [2.24, 2.45) is 7.05 Å². The van der Waals surface area contributed by atoms with E-state index in [0.29, 0.717) is 6.54 Å². The van der Waals surface area contributed by atoms with Gasteiger partial charge in [0.25, 0.3) is 0 Å². The first kappa shape index (κ1) is 15.9. The molecule has 21 heavy (non-hydrogen) atoms. The molecule has 1 heterocycles. The average Bonchev–Trinajstić information content (AvgIpc) is 2.83. The number of halogens is 1. The standard InChI is InChI=1S/C15H20BrN3O2/c1-3-14-15(9-19(2)18-14)17-8-12(20)10-21-13-6-4-5-11(16)7-13/h4-7,9,12,17,20H,3,8,10H2,1-2H3. The second-order valence-corrected chi connectivity index (χ2v) is 5.74. The summed E-state index contributed by atoms with van der Waals surface area (Å²) in [6.07, 6.45) is 2.18. The van der Waals surface area contributed by atoms with Gasteiger partial charge in [0.2, 0.25) is 0 Å². The van der Waals surface area contributed by atoms with Crippen molar-refractivity contribution in [1.82, 2.24) is 9.78 Å². The normalized spacial score (nSPS) is 12.2. The summed E-state index contributed by atoms with van der Waals surface area (Å²) in [6, 6.07) is 7.56. The molecule has 0 saturated carbocycles. The predicted molar refractivity (Wildman–Crippen MR) is 86.7 cm³/mol. The Kier molecular flexibility index (Phi) is 5.64. The summed E-state index contributed by atoms with van der Waals surface area (Å²) in [6.45, 7) is 2.72. The highest BCUT2D eigenvalue weighted by Crippen LogP contribution is 2.18. The van der Waals surface area contributed by atoms with Gasteiger partial charge in [-0.2, -0.15) is 5.10 Å². The summed E-state index contributed by atoms with van der Waals surface area (Å²) < 4.78 is 8.28. The number of ether oxygens (including phenoxy) is 1. The first-order valence-electron chi connectivity index (χ1n) is 6.91. The molecule has 0 bridgehead atoms. The monoisotopic (exact) mass is 353 g/mol. The number of aliphatic hydroxyl groups is 1. The van der Waals surface area contributed by atoms with Crippen LogP contribution in [-0.2, 0) is 13.5 Å². The van der Waals surface area contributed by atoms with Gasteiger partial charge >= 0.3 is 0 Å².